The summed E-state index contributed by atoms with van der Waals surface area (Å²) in [5, 5.41) is 2.93. The molecule has 2 amide bonds. The smallest absolute Gasteiger partial charge is 0.234 e. The summed E-state index contributed by atoms with van der Waals surface area (Å²) >= 11 is 0. The average Bonchev–Trinajstić information content (AvgIpc) is 2.70. The van der Waals surface area contributed by atoms with E-state index in [4.69, 9.17) is 0 Å². The number of hydrogen-bond acceptors (Lipinski definition) is 5. The number of likely N-dealkylation sites (tertiary alicyclic amines) is 1. The number of carbonyl (C=O) groups excluding carboxylic acids is 2. The highest BCUT2D eigenvalue weighted by Crippen LogP contribution is 2.22. The van der Waals surface area contributed by atoms with Gasteiger partial charge in [0.1, 0.15) is 0 Å². The van der Waals surface area contributed by atoms with Crippen molar-refractivity contribution in [3.05, 3.63) is 23.9 Å². The van der Waals surface area contributed by atoms with Crippen LogP contribution in [0.25, 0.3) is 0 Å². The van der Waals surface area contributed by atoms with E-state index >= 15 is 0 Å². The lowest BCUT2D eigenvalue weighted by molar-refractivity contribution is -0.139. The molecule has 2 saturated heterocycles. The van der Waals surface area contributed by atoms with Gasteiger partial charge in [0.05, 0.1) is 6.54 Å². The molecule has 0 atom stereocenters. The molecule has 29 heavy (non-hydrogen) atoms. The molecule has 3 heterocycles. The topological polar surface area (TPSA) is 59.1 Å². The maximum Gasteiger partial charge on any atom is 0.234 e. The molecule has 162 valence electrons. The highest BCUT2D eigenvalue weighted by atomic mass is 16.2. The van der Waals surface area contributed by atoms with Crippen molar-refractivity contribution in [1.82, 2.24) is 24.9 Å². The standard InChI is InChI=1S/C22H37N5O2/c1-18(2)23-21(28)17-26-12-14-27(15-13-26)22(29)20-6-10-25(11-7-20)16-19-4-8-24(3)9-5-19/h4-5,8,18,20H,6-7,9-17H2,1-3H3,(H,23,28). The molecule has 0 bridgehead atoms. The summed E-state index contributed by atoms with van der Waals surface area (Å²) in [7, 11) is 2.08. The van der Waals surface area contributed by atoms with Crippen LogP contribution >= 0.6 is 0 Å². The van der Waals surface area contributed by atoms with Crippen LogP contribution in [0.15, 0.2) is 23.9 Å². The maximum atomic E-state index is 12.9. The molecular formula is C22H37N5O2. The van der Waals surface area contributed by atoms with E-state index in [0.717, 1.165) is 65.2 Å². The van der Waals surface area contributed by atoms with Crippen LogP contribution < -0.4 is 5.32 Å². The van der Waals surface area contributed by atoms with Crippen molar-refractivity contribution < 1.29 is 9.59 Å². The number of piperazine rings is 1. The number of nitrogens with one attached hydrogen (secondary N) is 1. The van der Waals surface area contributed by atoms with E-state index in [0.29, 0.717) is 12.5 Å². The Morgan fingerprint density at radius 1 is 1.07 bits per heavy atom. The second kappa shape index (κ2) is 10.3. The maximum absolute atomic E-state index is 12.9. The third-order valence-corrected chi connectivity index (χ3v) is 6.03. The molecule has 0 spiro atoms. The summed E-state index contributed by atoms with van der Waals surface area (Å²) in [5.41, 5.74) is 1.38. The number of piperidine rings is 1. The van der Waals surface area contributed by atoms with Crippen LogP contribution in [-0.4, -0.2) is 103 Å². The second-order valence-corrected chi connectivity index (χ2v) is 8.91. The monoisotopic (exact) mass is 403 g/mol. The van der Waals surface area contributed by atoms with Crippen LogP contribution in [-0.2, 0) is 9.59 Å². The van der Waals surface area contributed by atoms with Crippen LogP contribution in [0.5, 0.6) is 0 Å². The molecule has 3 rings (SSSR count). The fourth-order valence-corrected chi connectivity index (χ4v) is 4.28. The number of likely N-dealkylation sites (N-methyl/N-ethyl adjacent to an activating group) is 1. The van der Waals surface area contributed by atoms with Gasteiger partial charge in [-0.1, -0.05) is 6.08 Å². The zero-order chi connectivity index (χ0) is 20.8. The minimum atomic E-state index is 0.0710. The Kier molecular flexibility index (Phi) is 7.72. The van der Waals surface area contributed by atoms with E-state index in [1.54, 1.807) is 0 Å². The van der Waals surface area contributed by atoms with Crippen molar-refractivity contribution in [2.75, 3.05) is 66.0 Å². The predicted molar refractivity (Wildman–Crippen MR) is 115 cm³/mol. The van der Waals surface area contributed by atoms with Crippen LogP contribution in [0, 0.1) is 5.92 Å². The summed E-state index contributed by atoms with van der Waals surface area (Å²) in [4.78, 5) is 33.7. The molecule has 0 aromatic heterocycles. The zero-order valence-electron chi connectivity index (χ0n) is 18.3. The van der Waals surface area contributed by atoms with Gasteiger partial charge in [-0.3, -0.25) is 19.4 Å². The van der Waals surface area contributed by atoms with Gasteiger partial charge in [-0.2, -0.15) is 0 Å². The van der Waals surface area contributed by atoms with E-state index in [1.165, 1.54) is 5.57 Å². The van der Waals surface area contributed by atoms with Gasteiger partial charge < -0.3 is 15.1 Å². The van der Waals surface area contributed by atoms with Gasteiger partial charge in [-0.15, -0.1) is 0 Å². The van der Waals surface area contributed by atoms with Crippen molar-refractivity contribution >= 4 is 11.8 Å². The first-order chi connectivity index (χ1) is 13.9. The molecule has 1 N–H and O–H groups in total. The molecule has 7 heteroatoms. The van der Waals surface area contributed by atoms with Gasteiger partial charge in [0.2, 0.25) is 11.8 Å². The lowest BCUT2D eigenvalue weighted by Crippen LogP contribution is -2.53. The Morgan fingerprint density at radius 2 is 1.76 bits per heavy atom. The molecule has 0 saturated carbocycles. The van der Waals surface area contributed by atoms with Gasteiger partial charge in [-0.05, 0) is 57.6 Å². The molecule has 0 aliphatic carbocycles. The fraction of sp³-hybridized carbons (Fsp3) is 0.727. The predicted octanol–water partition coefficient (Wildman–Crippen LogP) is 0.753. The van der Waals surface area contributed by atoms with E-state index < -0.39 is 0 Å². The van der Waals surface area contributed by atoms with Gasteiger partial charge in [0.25, 0.3) is 0 Å². The largest absolute Gasteiger partial charge is 0.377 e. The van der Waals surface area contributed by atoms with Crippen molar-refractivity contribution in [1.29, 1.82) is 0 Å². The lowest BCUT2D eigenvalue weighted by Gasteiger charge is -2.38. The number of amides is 2. The van der Waals surface area contributed by atoms with Crippen LogP contribution in [0.4, 0.5) is 0 Å². The van der Waals surface area contributed by atoms with E-state index in [1.807, 2.05) is 18.7 Å². The van der Waals surface area contributed by atoms with Crippen LogP contribution in [0.3, 0.4) is 0 Å². The molecule has 0 aromatic rings. The highest BCUT2D eigenvalue weighted by molar-refractivity contribution is 5.79. The fourth-order valence-electron chi connectivity index (χ4n) is 4.28. The van der Waals surface area contributed by atoms with E-state index in [2.05, 4.69) is 45.4 Å². The van der Waals surface area contributed by atoms with Gasteiger partial charge in [-0.25, -0.2) is 0 Å². The molecule has 7 nitrogen and oxygen atoms in total. The number of rotatable bonds is 6. The minimum absolute atomic E-state index is 0.0710. The highest BCUT2D eigenvalue weighted by Gasteiger charge is 2.30. The van der Waals surface area contributed by atoms with Crippen molar-refractivity contribution in [2.24, 2.45) is 5.92 Å². The van der Waals surface area contributed by atoms with Crippen molar-refractivity contribution in [3.8, 4) is 0 Å². The van der Waals surface area contributed by atoms with Crippen LogP contribution in [0.1, 0.15) is 26.7 Å². The number of nitrogens with zero attached hydrogens (tertiary/aromatic N) is 4. The Balaban J connectivity index is 1.37. The lowest BCUT2D eigenvalue weighted by atomic mass is 9.94. The Bertz CT molecular complexity index is 629. The summed E-state index contributed by atoms with van der Waals surface area (Å²) in [6.07, 6.45) is 8.52. The third kappa shape index (κ3) is 6.57. The van der Waals surface area contributed by atoms with Crippen molar-refractivity contribution in [3.63, 3.8) is 0 Å². The number of carbonyl (C=O) groups is 2. The summed E-state index contributed by atoms with van der Waals surface area (Å²) < 4.78 is 0. The molecule has 0 unspecified atom stereocenters. The second-order valence-electron chi connectivity index (χ2n) is 8.91. The third-order valence-electron chi connectivity index (χ3n) is 6.03. The molecule has 0 radical (unpaired) electrons. The Labute approximate surface area is 175 Å². The van der Waals surface area contributed by atoms with E-state index in [-0.39, 0.29) is 17.9 Å². The Morgan fingerprint density at radius 3 is 2.34 bits per heavy atom. The van der Waals surface area contributed by atoms with Gasteiger partial charge >= 0.3 is 0 Å². The SMILES string of the molecule is CC(C)NC(=O)CN1CCN(C(=O)C2CCN(CC3=CCN(C)C=C3)CC2)CC1. The molecule has 3 aliphatic heterocycles. The normalized spacial score (nSPS) is 22.1. The summed E-state index contributed by atoms with van der Waals surface area (Å²) in [6, 6.07) is 0.169. The van der Waals surface area contributed by atoms with Gasteiger partial charge in [0, 0.05) is 58.3 Å². The van der Waals surface area contributed by atoms with E-state index in [9.17, 15) is 9.59 Å². The first kappa shape index (κ1) is 21.8. The Hall–Kier alpha value is -1.86. The molecular weight excluding hydrogens is 366 g/mol. The van der Waals surface area contributed by atoms with Gasteiger partial charge in [0.15, 0.2) is 0 Å². The first-order valence-electron chi connectivity index (χ1n) is 11.0. The molecule has 3 aliphatic rings. The van der Waals surface area contributed by atoms with Crippen molar-refractivity contribution in [2.45, 2.75) is 32.7 Å². The average molecular weight is 404 g/mol. The van der Waals surface area contributed by atoms with Crippen LogP contribution in [0.2, 0.25) is 0 Å². The summed E-state index contributed by atoms with van der Waals surface area (Å²) in [6.45, 7) is 11.4. The summed E-state index contributed by atoms with van der Waals surface area (Å²) in [5.74, 6) is 0.542. The quantitative estimate of drug-likeness (QED) is 0.709. The zero-order valence-corrected chi connectivity index (χ0v) is 18.3. The first-order valence-corrected chi connectivity index (χ1v) is 11.0. The minimum Gasteiger partial charge on any atom is -0.377 e. The molecule has 2 fully saturated rings. The molecule has 0 aromatic carbocycles. The number of hydrogen-bond donors (Lipinski definition) is 1.